The van der Waals surface area contributed by atoms with E-state index in [2.05, 4.69) is 21.9 Å². The highest BCUT2D eigenvalue weighted by Gasteiger charge is 2.34. The van der Waals surface area contributed by atoms with Gasteiger partial charge >= 0.3 is 6.61 Å². The molecule has 0 amide bonds. The molecule has 3 rings (SSSR count). The molecule has 134 valence electrons. The highest BCUT2D eigenvalue weighted by atomic mass is 19.3. The predicted molar refractivity (Wildman–Crippen MR) is 91.6 cm³/mol. The van der Waals surface area contributed by atoms with Crippen LogP contribution in [0.3, 0.4) is 0 Å². The number of hydrogen-bond donors (Lipinski definition) is 1. The van der Waals surface area contributed by atoms with Crippen LogP contribution in [-0.2, 0) is 6.42 Å². The van der Waals surface area contributed by atoms with Gasteiger partial charge in [-0.1, -0.05) is 12.1 Å². The van der Waals surface area contributed by atoms with E-state index in [0.717, 1.165) is 36.9 Å². The van der Waals surface area contributed by atoms with Gasteiger partial charge in [0, 0.05) is 18.6 Å². The summed E-state index contributed by atoms with van der Waals surface area (Å²) in [5.74, 6) is 1.01. The molecule has 5 heteroatoms. The van der Waals surface area contributed by atoms with E-state index in [0.29, 0.717) is 6.04 Å². The third-order valence-electron chi connectivity index (χ3n) is 5.15. The molecule has 2 atom stereocenters. The Bertz CT molecular complexity index is 505. The third kappa shape index (κ3) is 5.42. The van der Waals surface area contributed by atoms with Crippen molar-refractivity contribution in [3.05, 3.63) is 29.8 Å². The standard InChI is InChI=1S/C19H28F2N2O/c1-14(22-12-16-10-11-23(13-16)17-6-7-17)2-3-15-4-8-18(9-5-15)24-19(20)21/h4-5,8-9,14,16-17,19,22H,2-3,6-7,10-13H2,1H3. The van der Waals surface area contributed by atoms with Crippen molar-refractivity contribution in [1.29, 1.82) is 0 Å². The summed E-state index contributed by atoms with van der Waals surface area (Å²) in [7, 11) is 0. The Kier molecular flexibility index (Phi) is 6.06. The molecule has 1 heterocycles. The van der Waals surface area contributed by atoms with E-state index in [9.17, 15) is 8.78 Å². The zero-order valence-corrected chi connectivity index (χ0v) is 14.4. The van der Waals surface area contributed by atoms with E-state index >= 15 is 0 Å². The maximum atomic E-state index is 12.1. The van der Waals surface area contributed by atoms with Gasteiger partial charge in [0.05, 0.1) is 0 Å². The third-order valence-corrected chi connectivity index (χ3v) is 5.15. The van der Waals surface area contributed by atoms with Crippen LogP contribution in [0, 0.1) is 5.92 Å². The Hall–Kier alpha value is -1.20. The molecule has 0 aromatic heterocycles. The Morgan fingerprint density at radius 3 is 2.62 bits per heavy atom. The van der Waals surface area contributed by atoms with Gasteiger partial charge in [0.15, 0.2) is 0 Å². The predicted octanol–water partition coefficient (Wildman–Crippen LogP) is 3.68. The molecule has 1 aromatic rings. The average Bonchev–Trinajstić information content (AvgIpc) is 3.30. The number of hydrogen-bond acceptors (Lipinski definition) is 3. The van der Waals surface area contributed by atoms with E-state index in [-0.39, 0.29) is 5.75 Å². The minimum absolute atomic E-state index is 0.223. The van der Waals surface area contributed by atoms with Gasteiger partial charge in [-0.2, -0.15) is 8.78 Å². The first-order valence-corrected chi connectivity index (χ1v) is 9.11. The van der Waals surface area contributed by atoms with Crippen molar-refractivity contribution in [3.63, 3.8) is 0 Å². The van der Waals surface area contributed by atoms with Gasteiger partial charge < -0.3 is 15.0 Å². The number of rotatable bonds is 9. The van der Waals surface area contributed by atoms with Gasteiger partial charge in [-0.25, -0.2) is 0 Å². The maximum absolute atomic E-state index is 12.1. The molecule has 24 heavy (non-hydrogen) atoms. The molecule has 1 aliphatic heterocycles. The van der Waals surface area contributed by atoms with E-state index < -0.39 is 6.61 Å². The molecule has 0 spiro atoms. The molecule has 1 N–H and O–H groups in total. The van der Waals surface area contributed by atoms with Gasteiger partial charge in [0.2, 0.25) is 0 Å². The van der Waals surface area contributed by atoms with Crippen LogP contribution in [0.4, 0.5) is 8.78 Å². The van der Waals surface area contributed by atoms with Crippen molar-refractivity contribution in [3.8, 4) is 5.75 Å². The first-order chi connectivity index (χ1) is 11.6. The van der Waals surface area contributed by atoms with Crippen molar-refractivity contribution in [2.75, 3.05) is 19.6 Å². The Morgan fingerprint density at radius 1 is 1.21 bits per heavy atom. The topological polar surface area (TPSA) is 24.5 Å². The molecule has 3 nitrogen and oxygen atoms in total. The van der Waals surface area contributed by atoms with Crippen LogP contribution < -0.4 is 10.1 Å². The van der Waals surface area contributed by atoms with E-state index in [1.54, 1.807) is 12.1 Å². The Morgan fingerprint density at radius 2 is 1.96 bits per heavy atom. The summed E-state index contributed by atoms with van der Waals surface area (Å²) in [6.07, 6.45) is 6.12. The normalized spacial score (nSPS) is 22.9. The zero-order valence-electron chi connectivity index (χ0n) is 14.4. The molecule has 2 unspecified atom stereocenters. The van der Waals surface area contributed by atoms with Gasteiger partial charge in [-0.3, -0.25) is 0 Å². The minimum Gasteiger partial charge on any atom is -0.435 e. The van der Waals surface area contributed by atoms with Crippen LogP contribution in [0.25, 0.3) is 0 Å². The zero-order chi connectivity index (χ0) is 16.9. The first kappa shape index (κ1) is 17.6. The fourth-order valence-corrected chi connectivity index (χ4v) is 3.49. The van der Waals surface area contributed by atoms with Gasteiger partial charge in [0.1, 0.15) is 5.75 Å². The van der Waals surface area contributed by atoms with Gasteiger partial charge in [-0.05, 0) is 75.7 Å². The fourth-order valence-electron chi connectivity index (χ4n) is 3.49. The van der Waals surface area contributed by atoms with Crippen molar-refractivity contribution in [1.82, 2.24) is 10.2 Å². The smallest absolute Gasteiger partial charge is 0.387 e. The molecule has 2 aliphatic rings. The molecule has 0 bridgehead atoms. The minimum atomic E-state index is -2.76. The van der Waals surface area contributed by atoms with Crippen LogP contribution in [0.1, 0.15) is 38.2 Å². The molecular formula is C19H28F2N2O. The van der Waals surface area contributed by atoms with Gasteiger partial charge in [-0.15, -0.1) is 0 Å². The molecule has 1 saturated heterocycles. The van der Waals surface area contributed by atoms with E-state index in [1.165, 1.54) is 32.4 Å². The van der Waals surface area contributed by atoms with E-state index in [1.807, 2.05) is 12.1 Å². The number of likely N-dealkylation sites (tertiary alicyclic amines) is 1. The van der Waals surface area contributed by atoms with Crippen molar-refractivity contribution < 1.29 is 13.5 Å². The summed E-state index contributed by atoms with van der Waals surface area (Å²) in [5, 5.41) is 3.66. The van der Waals surface area contributed by atoms with Crippen LogP contribution in [0.2, 0.25) is 0 Å². The molecule has 1 aromatic carbocycles. The lowest BCUT2D eigenvalue weighted by Gasteiger charge is -2.18. The number of aryl methyl sites for hydroxylation is 1. The Balaban J connectivity index is 1.32. The second kappa shape index (κ2) is 8.26. The lowest BCUT2D eigenvalue weighted by molar-refractivity contribution is -0.0498. The SMILES string of the molecule is CC(CCc1ccc(OC(F)F)cc1)NCC1CCN(C2CC2)C1. The number of benzene rings is 1. The molecular weight excluding hydrogens is 310 g/mol. The number of halogens is 2. The monoisotopic (exact) mass is 338 g/mol. The summed E-state index contributed by atoms with van der Waals surface area (Å²) < 4.78 is 28.6. The number of nitrogens with one attached hydrogen (secondary N) is 1. The summed E-state index contributed by atoms with van der Waals surface area (Å²) in [6, 6.07) is 8.33. The summed E-state index contributed by atoms with van der Waals surface area (Å²) >= 11 is 0. The second-order valence-corrected chi connectivity index (χ2v) is 7.25. The highest BCUT2D eigenvalue weighted by Crippen LogP contribution is 2.31. The maximum Gasteiger partial charge on any atom is 0.387 e. The van der Waals surface area contributed by atoms with Crippen LogP contribution in [0.15, 0.2) is 24.3 Å². The first-order valence-electron chi connectivity index (χ1n) is 9.11. The van der Waals surface area contributed by atoms with Crippen LogP contribution in [-0.4, -0.2) is 43.2 Å². The van der Waals surface area contributed by atoms with E-state index in [4.69, 9.17) is 0 Å². The molecule has 2 fully saturated rings. The lowest BCUT2D eigenvalue weighted by Crippen LogP contribution is -2.33. The summed E-state index contributed by atoms with van der Waals surface area (Å²) in [6.45, 7) is 3.11. The van der Waals surface area contributed by atoms with Crippen molar-refractivity contribution in [2.45, 2.75) is 57.7 Å². The summed E-state index contributed by atoms with van der Waals surface area (Å²) in [4.78, 5) is 2.65. The second-order valence-electron chi connectivity index (χ2n) is 7.25. The number of alkyl halides is 2. The quantitative estimate of drug-likeness (QED) is 0.743. The lowest BCUT2D eigenvalue weighted by atomic mass is 10.0. The number of nitrogens with zero attached hydrogens (tertiary/aromatic N) is 1. The van der Waals surface area contributed by atoms with Crippen molar-refractivity contribution in [2.24, 2.45) is 5.92 Å². The summed E-state index contributed by atoms with van der Waals surface area (Å²) in [5.41, 5.74) is 1.16. The Labute approximate surface area is 143 Å². The molecule has 1 aliphatic carbocycles. The van der Waals surface area contributed by atoms with Gasteiger partial charge in [0.25, 0.3) is 0 Å². The molecule has 0 radical (unpaired) electrons. The largest absolute Gasteiger partial charge is 0.435 e. The van der Waals surface area contributed by atoms with Crippen molar-refractivity contribution >= 4 is 0 Å². The fraction of sp³-hybridized carbons (Fsp3) is 0.684. The number of ether oxygens (including phenoxy) is 1. The highest BCUT2D eigenvalue weighted by molar-refractivity contribution is 5.27. The average molecular weight is 338 g/mol. The van der Waals surface area contributed by atoms with Crippen LogP contribution >= 0.6 is 0 Å². The molecule has 1 saturated carbocycles. The van der Waals surface area contributed by atoms with Crippen LogP contribution in [0.5, 0.6) is 5.75 Å².